The molecule has 0 radical (unpaired) electrons. The summed E-state index contributed by atoms with van der Waals surface area (Å²) < 4.78 is 12.0. The number of hydrogen-bond donors (Lipinski definition) is 1. The van der Waals surface area contributed by atoms with E-state index < -0.39 is 5.97 Å². The van der Waals surface area contributed by atoms with Gasteiger partial charge in [-0.1, -0.05) is 0 Å². The molecule has 6 nitrogen and oxygen atoms in total. The van der Waals surface area contributed by atoms with Gasteiger partial charge in [0.15, 0.2) is 0 Å². The number of carbonyl (C=O) groups excluding carboxylic acids is 1. The zero-order valence-corrected chi connectivity index (χ0v) is 11.3. The molecule has 0 bridgehead atoms. The number of aromatic nitrogens is 2. The number of nitrogens with zero attached hydrogens (tertiary/aromatic N) is 2. The lowest BCUT2D eigenvalue weighted by Gasteiger charge is -2.02. The van der Waals surface area contributed by atoms with Crippen LogP contribution in [0.3, 0.4) is 0 Å². The largest absolute Gasteiger partial charge is 0.460 e. The molecule has 2 aromatic rings. The molecule has 0 fully saturated rings. The van der Waals surface area contributed by atoms with Gasteiger partial charge < -0.3 is 14.9 Å². The minimum absolute atomic E-state index is 0.200. The summed E-state index contributed by atoms with van der Waals surface area (Å²) in [6.07, 6.45) is 0. The molecule has 2 heterocycles. The van der Waals surface area contributed by atoms with E-state index in [0.29, 0.717) is 24.6 Å². The average Bonchev–Trinajstić information content (AvgIpc) is 2.92. The molecular formula is C13H17N3O3. The molecule has 0 saturated carbocycles. The molecule has 102 valence electrons. The van der Waals surface area contributed by atoms with Crippen LogP contribution < -0.4 is 5.73 Å². The number of nitrogens with two attached hydrogens (primary N) is 1. The first kappa shape index (κ1) is 13.2. The highest BCUT2D eigenvalue weighted by molar-refractivity contribution is 5.86. The van der Waals surface area contributed by atoms with Gasteiger partial charge in [-0.25, -0.2) is 4.79 Å². The van der Waals surface area contributed by atoms with Crippen LogP contribution in [0.4, 0.5) is 5.69 Å². The van der Waals surface area contributed by atoms with E-state index in [0.717, 1.165) is 11.4 Å². The maximum Gasteiger partial charge on any atom is 0.374 e. The van der Waals surface area contributed by atoms with E-state index in [-0.39, 0.29) is 5.76 Å². The van der Waals surface area contributed by atoms with Gasteiger partial charge in [0, 0.05) is 0 Å². The molecule has 0 aliphatic heterocycles. The van der Waals surface area contributed by atoms with E-state index in [4.69, 9.17) is 14.9 Å². The number of furan rings is 1. The minimum Gasteiger partial charge on any atom is -0.460 e. The molecule has 19 heavy (non-hydrogen) atoms. The zero-order valence-electron chi connectivity index (χ0n) is 11.3. The van der Waals surface area contributed by atoms with Crippen LogP contribution in [0.2, 0.25) is 0 Å². The van der Waals surface area contributed by atoms with Crippen LogP contribution in [0.5, 0.6) is 0 Å². The second-order valence-electron chi connectivity index (χ2n) is 4.23. The predicted molar refractivity (Wildman–Crippen MR) is 69.9 cm³/mol. The Labute approximate surface area is 111 Å². The normalized spacial score (nSPS) is 10.7. The molecule has 6 heteroatoms. The number of anilines is 1. The van der Waals surface area contributed by atoms with Crippen molar-refractivity contribution in [3.63, 3.8) is 0 Å². The van der Waals surface area contributed by atoms with Crippen molar-refractivity contribution in [2.45, 2.75) is 27.3 Å². The summed E-state index contributed by atoms with van der Waals surface area (Å²) in [7, 11) is 0. The number of esters is 1. The quantitative estimate of drug-likeness (QED) is 0.852. The van der Waals surface area contributed by atoms with Crippen molar-refractivity contribution in [1.82, 2.24) is 9.78 Å². The fourth-order valence-corrected chi connectivity index (χ4v) is 1.79. The first-order valence-electron chi connectivity index (χ1n) is 6.08. The fourth-order valence-electron chi connectivity index (χ4n) is 1.79. The molecule has 2 N–H and O–H groups in total. The molecule has 0 aliphatic carbocycles. The van der Waals surface area contributed by atoms with Crippen LogP contribution in [-0.4, -0.2) is 22.4 Å². The molecule has 2 aromatic heterocycles. The number of nitrogen functional groups attached to an aromatic ring is 1. The third-order valence-corrected chi connectivity index (χ3v) is 2.88. The van der Waals surface area contributed by atoms with Crippen LogP contribution in [0.25, 0.3) is 0 Å². The van der Waals surface area contributed by atoms with Crippen LogP contribution in [0, 0.1) is 13.8 Å². The van der Waals surface area contributed by atoms with Crippen molar-refractivity contribution in [2.75, 3.05) is 12.3 Å². The van der Waals surface area contributed by atoms with Crippen molar-refractivity contribution in [3.05, 3.63) is 35.0 Å². The van der Waals surface area contributed by atoms with Crippen LogP contribution >= 0.6 is 0 Å². The minimum atomic E-state index is -0.457. The van der Waals surface area contributed by atoms with E-state index in [2.05, 4.69) is 5.10 Å². The summed E-state index contributed by atoms with van der Waals surface area (Å²) in [5.74, 6) is 0.377. The third kappa shape index (κ3) is 2.62. The molecule has 0 spiro atoms. The Morgan fingerprint density at radius 3 is 2.79 bits per heavy atom. The van der Waals surface area contributed by atoms with Crippen molar-refractivity contribution in [1.29, 1.82) is 0 Å². The Morgan fingerprint density at radius 2 is 2.21 bits per heavy atom. The summed E-state index contributed by atoms with van der Waals surface area (Å²) >= 11 is 0. The summed E-state index contributed by atoms with van der Waals surface area (Å²) in [5, 5.41) is 4.31. The van der Waals surface area contributed by atoms with Gasteiger partial charge in [-0.3, -0.25) is 4.68 Å². The standard InChI is InChI=1S/C13H17N3O3/c1-4-18-13(17)11-6-5-10(19-11)7-16-9(3)12(14)8(2)15-16/h5-6H,4,7,14H2,1-3H3. The van der Waals surface area contributed by atoms with Gasteiger partial charge in [0.25, 0.3) is 0 Å². The number of ether oxygens (including phenoxy) is 1. The lowest BCUT2D eigenvalue weighted by Crippen LogP contribution is -2.04. The predicted octanol–water partition coefficient (Wildman–Crippen LogP) is 1.90. The lowest BCUT2D eigenvalue weighted by molar-refractivity contribution is 0.0488. The number of rotatable bonds is 4. The van der Waals surface area contributed by atoms with E-state index in [1.54, 1.807) is 23.7 Å². The summed E-state index contributed by atoms with van der Waals surface area (Å²) in [6.45, 7) is 6.25. The van der Waals surface area contributed by atoms with E-state index in [1.807, 2.05) is 13.8 Å². The molecule has 0 unspecified atom stereocenters. The Balaban J connectivity index is 2.16. The van der Waals surface area contributed by atoms with Gasteiger partial charge in [-0.05, 0) is 32.9 Å². The lowest BCUT2D eigenvalue weighted by atomic mass is 10.3. The van der Waals surface area contributed by atoms with Gasteiger partial charge in [0.05, 0.1) is 30.2 Å². The highest BCUT2D eigenvalue weighted by Crippen LogP contribution is 2.17. The SMILES string of the molecule is CCOC(=O)c1ccc(Cn2nc(C)c(N)c2C)o1. The van der Waals surface area contributed by atoms with E-state index in [9.17, 15) is 4.79 Å². The molecule has 0 aromatic carbocycles. The van der Waals surface area contributed by atoms with Gasteiger partial charge in [0.2, 0.25) is 5.76 Å². The Bertz CT molecular complexity index is 598. The summed E-state index contributed by atoms with van der Waals surface area (Å²) in [6, 6.07) is 3.33. The fraction of sp³-hybridized carbons (Fsp3) is 0.385. The zero-order chi connectivity index (χ0) is 14.0. The van der Waals surface area contributed by atoms with Crippen molar-refractivity contribution in [2.24, 2.45) is 0 Å². The smallest absolute Gasteiger partial charge is 0.374 e. The maximum absolute atomic E-state index is 11.5. The van der Waals surface area contributed by atoms with E-state index in [1.165, 1.54) is 0 Å². The first-order valence-corrected chi connectivity index (χ1v) is 6.08. The van der Waals surface area contributed by atoms with Crippen LogP contribution in [-0.2, 0) is 11.3 Å². The Hall–Kier alpha value is -2.24. The van der Waals surface area contributed by atoms with Crippen LogP contribution in [0.1, 0.15) is 34.6 Å². The van der Waals surface area contributed by atoms with Crippen LogP contribution in [0.15, 0.2) is 16.5 Å². The summed E-state index contributed by atoms with van der Waals surface area (Å²) in [5.41, 5.74) is 8.21. The highest BCUT2D eigenvalue weighted by Gasteiger charge is 2.14. The second kappa shape index (κ2) is 5.17. The molecule has 0 aliphatic rings. The Kier molecular flexibility index (Phi) is 3.59. The van der Waals surface area contributed by atoms with Gasteiger partial charge in [0.1, 0.15) is 5.76 Å². The van der Waals surface area contributed by atoms with Gasteiger partial charge in [-0.2, -0.15) is 5.10 Å². The summed E-state index contributed by atoms with van der Waals surface area (Å²) in [4.78, 5) is 11.5. The monoisotopic (exact) mass is 263 g/mol. The molecule has 0 amide bonds. The van der Waals surface area contributed by atoms with Crippen molar-refractivity contribution >= 4 is 11.7 Å². The highest BCUT2D eigenvalue weighted by atomic mass is 16.5. The molecular weight excluding hydrogens is 246 g/mol. The van der Waals surface area contributed by atoms with Gasteiger partial charge >= 0.3 is 5.97 Å². The second-order valence-corrected chi connectivity index (χ2v) is 4.23. The topological polar surface area (TPSA) is 83.3 Å². The average molecular weight is 263 g/mol. The first-order chi connectivity index (χ1) is 9.02. The molecule has 0 atom stereocenters. The van der Waals surface area contributed by atoms with Crippen molar-refractivity contribution in [3.8, 4) is 0 Å². The molecule has 2 rings (SSSR count). The maximum atomic E-state index is 11.5. The molecule has 0 saturated heterocycles. The number of carbonyl (C=O) groups is 1. The number of hydrogen-bond acceptors (Lipinski definition) is 5. The third-order valence-electron chi connectivity index (χ3n) is 2.88. The van der Waals surface area contributed by atoms with E-state index >= 15 is 0 Å². The van der Waals surface area contributed by atoms with Crippen molar-refractivity contribution < 1.29 is 13.9 Å². The Morgan fingerprint density at radius 1 is 1.47 bits per heavy atom. The van der Waals surface area contributed by atoms with Gasteiger partial charge in [-0.15, -0.1) is 0 Å². The number of aryl methyl sites for hydroxylation is 1.